The van der Waals surface area contributed by atoms with Gasteiger partial charge in [0.05, 0.1) is 24.2 Å². The normalized spacial score (nSPS) is 18.5. The van der Waals surface area contributed by atoms with Crippen LogP contribution in [0.3, 0.4) is 0 Å². The van der Waals surface area contributed by atoms with Gasteiger partial charge in [0, 0.05) is 19.5 Å². The molecule has 7 heteroatoms. The van der Waals surface area contributed by atoms with E-state index in [9.17, 15) is 13.2 Å². The van der Waals surface area contributed by atoms with Crippen LogP contribution in [0, 0.1) is 12.8 Å². The van der Waals surface area contributed by atoms with Crippen molar-refractivity contribution in [1.82, 2.24) is 9.62 Å². The molecule has 0 spiro atoms. The number of carbonyl (C=O) groups is 1. The van der Waals surface area contributed by atoms with Crippen LogP contribution in [-0.4, -0.2) is 44.9 Å². The van der Waals surface area contributed by atoms with E-state index >= 15 is 0 Å². The Kier molecular flexibility index (Phi) is 6.74. The first-order valence-electron chi connectivity index (χ1n) is 11.0. The fraction of sp³-hybridized carbons (Fsp3) is 0.458. The molecule has 1 aliphatic carbocycles. The summed E-state index contributed by atoms with van der Waals surface area (Å²) in [6.07, 6.45) is 3.26. The van der Waals surface area contributed by atoms with E-state index in [2.05, 4.69) is 36.5 Å². The van der Waals surface area contributed by atoms with Crippen molar-refractivity contribution in [2.45, 2.75) is 43.5 Å². The molecular formula is C24H30N2O4S. The number of ether oxygens (including phenoxy) is 1. The Labute approximate surface area is 184 Å². The topological polar surface area (TPSA) is 75.7 Å². The Morgan fingerprint density at radius 3 is 2.32 bits per heavy atom. The largest absolute Gasteiger partial charge is 0.379 e. The fourth-order valence-corrected chi connectivity index (χ4v) is 5.35. The quantitative estimate of drug-likeness (QED) is 0.681. The number of morpholine rings is 1. The lowest BCUT2D eigenvalue weighted by atomic mass is 10.0. The van der Waals surface area contributed by atoms with E-state index in [4.69, 9.17) is 4.74 Å². The Morgan fingerprint density at radius 1 is 1.06 bits per heavy atom. The minimum atomic E-state index is -3.49. The zero-order valence-corrected chi connectivity index (χ0v) is 18.7. The van der Waals surface area contributed by atoms with Gasteiger partial charge in [0.1, 0.15) is 0 Å². The number of nitrogens with one attached hydrogen (secondary N) is 1. The zero-order chi connectivity index (χ0) is 21.8. The third-order valence-electron chi connectivity index (χ3n) is 6.02. The van der Waals surface area contributed by atoms with Crippen LogP contribution in [-0.2, 0) is 26.0 Å². The van der Waals surface area contributed by atoms with Crippen molar-refractivity contribution in [3.8, 4) is 0 Å². The minimum Gasteiger partial charge on any atom is -0.379 e. The van der Waals surface area contributed by atoms with Crippen molar-refractivity contribution in [3.05, 3.63) is 65.2 Å². The molecule has 1 saturated carbocycles. The molecule has 2 aliphatic rings. The molecule has 166 valence electrons. The molecule has 0 bridgehead atoms. The van der Waals surface area contributed by atoms with Gasteiger partial charge in [0.25, 0.3) is 0 Å². The molecule has 2 aromatic carbocycles. The summed E-state index contributed by atoms with van der Waals surface area (Å²) in [6, 6.07) is 15.3. The highest BCUT2D eigenvalue weighted by molar-refractivity contribution is 7.89. The first-order valence-corrected chi connectivity index (χ1v) is 12.4. The van der Waals surface area contributed by atoms with Gasteiger partial charge in [0.15, 0.2) is 0 Å². The summed E-state index contributed by atoms with van der Waals surface area (Å²) in [5.74, 6) is 0.554. The van der Waals surface area contributed by atoms with E-state index in [0.717, 1.165) is 18.4 Å². The molecule has 31 heavy (non-hydrogen) atoms. The molecule has 1 unspecified atom stereocenters. The molecule has 2 fully saturated rings. The second-order valence-corrected chi connectivity index (χ2v) is 10.4. The lowest BCUT2D eigenvalue weighted by Crippen LogP contribution is -2.40. The predicted octanol–water partition coefficient (Wildman–Crippen LogP) is 3.22. The van der Waals surface area contributed by atoms with Crippen LogP contribution in [0.1, 0.15) is 42.0 Å². The highest BCUT2D eigenvalue weighted by Gasteiger charge is 2.33. The summed E-state index contributed by atoms with van der Waals surface area (Å²) in [5, 5.41) is 3.21. The highest BCUT2D eigenvalue weighted by Crippen LogP contribution is 2.41. The van der Waals surface area contributed by atoms with Gasteiger partial charge in [-0.15, -0.1) is 0 Å². The van der Waals surface area contributed by atoms with Crippen molar-refractivity contribution in [2.24, 2.45) is 5.92 Å². The van der Waals surface area contributed by atoms with Crippen LogP contribution in [0.25, 0.3) is 0 Å². The summed E-state index contributed by atoms with van der Waals surface area (Å²) in [4.78, 5) is 12.9. The molecule has 1 atom stereocenters. The second-order valence-electron chi connectivity index (χ2n) is 8.45. The molecular weight excluding hydrogens is 412 g/mol. The zero-order valence-electron chi connectivity index (χ0n) is 17.9. The maximum Gasteiger partial charge on any atom is 0.243 e. The van der Waals surface area contributed by atoms with E-state index < -0.39 is 10.0 Å². The smallest absolute Gasteiger partial charge is 0.243 e. The molecule has 6 nitrogen and oxygen atoms in total. The second kappa shape index (κ2) is 9.51. The maximum absolute atomic E-state index is 12.7. The number of hydrogen-bond acceptors (Lipinski definition) is 4. The number of benzene rings is 2. The number of amides is 1. The molecule has 1 aliphatic heterocycles. The van der Waals surface area contributed by atoms with Gasteiger partial charge in [0.2, 0.25) is 15.9 Å². The minimum absolute atomic E-state index is 0.0301. The van der Waals surface area contributed by atoms with Crippen LogP contribution in [0.15, 0.2) is 53.4 Å². The molecule has 0 aromatic heterocycles. The molecule has 1 amide bonds. The van der Waals surface area contributed by atoms with E-state index in [1.54, 1.807) is 24.3 Å². The lowest BCUT2D eigenvalue weighted by molar-refractivity contribution is -0.122. The van der Waals surface area contributed by atoms with Crippen LogP contribution in [0.4, 0.5) is 0 Å². The van der Waals surface area contributed by atoms with E-state index in [-0.39, 0.29) is 16.8 Å². The fourth-order valence-electron chi connectivity index (χ4n) is 3.94. The molecule has 1 heterocycles. The summed E-state index contributed by atoms with van der Waals surface area (Å²) < 4.78 is 32.1. The number of nitrogens with zero attached hydrogens (tertiary/aromatic N) is 1. The number of aryl methyl sites for hydroxylation is 2. The van der Waals surface area contributed by atoms with Crippen molar-refractivity contribution in [3.63, 3.8) is 0 Å². The molecule has 1 saturated heterocycles. The van der Waals surface area contributed by atoms with E-state index in [1.807, 2.05) is 0 Å². The summed E-state index contributed by atoms with van der Waals surface area (Å²) in [6.45, 7) is 3.68. The van der Waals surface area contributed by atoms with Gasteiger partial charge in [-0.05, 0) is 55.4 Å². The first kappa shape index (κ1) is 22.0. The lowest BCUT2D eigenvalue weighted by Gasteiger charge is -2.26. The number of hydrogen-bond donors (Lipinski definition) is 1. The van der Waals surface area contributed by atoms with Crippen molar-refractivity contribution >= 4 is 15.9 Å². The van der Waals surface area contributed by atoms with Gasteiger partial charge >= 0.3 is 0 Å². The highest BCUT2D eigenvalue weighted by atomic mass is 32.2. The Morgan fingerprint density at radius 2 is 1.71 bits per heavy atom. The van der Waals surface area contributed by atoms with Crippen LogP contribution in [0.2, 0.25) is 0 Å². The Hall–Kier alpha value is -2.22. The SMILES string of the molecule is Cc1ccc(C(NC(=O)CCc2ccc(S(=O)(=O)N3CCOCC3)cc2)C2CC2)cc1. The van der Waals surface area contributed by atoms with E-state index in [1.165, 1.54) is 15.4 Å². The molecule has 2 aromatic rings. The number of carbonyl (C=O) groups excluding carboxylic acids is 1. The summed E-state index contributed by atoms with van der Waals surface area (Å²) in [5.41, 5.74) is 3.33. The summed E-state index contributed by atoms with van der Waals surface area (Å²) >= 11 is 0. The molecule has 4 rings (SSSR count). The van der Waals surface area contributed by atoms with Gasteiger partial charge in [-0.1, -0.05) is 42.0 Å². The van der Waals surface area contributed by atoms with Gasteiger partial charge in [-0.2, -0.15) is 4.31 Å². The maximum atomic E-state index is 12.7. The van der Waals surface area contributed by atoms with Gasteiger partial charge in [-0.3, -0.25) is 4.79 Å². The molecule has 1 N–H and O–H groups in total. The predicted molar refractivity (Wildman–Crippen MR) is 119 cm³/mol. The van der Waals surface area contributed by atoms with Crippen molar-refractivity contribution in [1.29, 1.82) is 0 Å². The monoisotopic (exact) mass is 442 g/mol. The van der Waals surface area contributed by atoms with Crippen LogP contribution >= 0.6 is 0 Å². The Balaban J connectivity index is 1.33. The Bertz CT molecular complexity index is 993. The van der Waals surface area contributed by atoms with Crippen LogP contribution < -0.4 is 5.32 Å². The van der Waals surface area contributed by atoms with Gasteiger partial charge < -0.3 is 10.1 Å². The van der Waals surface area contributed by atoms with E-state index in [0.29, 0.717) is 45.1 Å². The third-order valence-corrected chi connectivity index (χ3v) is 7.93. The standard InChI is InChI=1S/C24H30N2O4S/c1-18-2-7-20(8-3-18)24(21-9-10-21)25-23(27)13-6-19-4-11-22(12-5-19)31(28,29)26-14-16-30-17-15-26/h2-5,7-8,11-12,21,24H,6,9-10,13-17H2,1H3,(H,25,27). The molecule has 0 radical (unpaired) electrons. The number of rotatable bonds is 8. The van der Waals surface area contributed by atoms with Crippen molar-refractivity contribution < 1.29 is 17.9 Å². The summed E-state index contributed by atoms with van der Waals surface area (Å²) in [7, 11) is -3.49. The van der Waals surface area contributed by atoms with Gasteiger partial charge in [-0.25, -0.2) is 8.42 Å². The first-order chi connectivity index (χ1) is 14.9. The third kappa shape index (κ3) is 5.53. The number of sulfonamides is 1. The van der Waals surface area contributed by atoms with Crippen molar-refractivity contribution in [2.75, 3.05) is 26.3 Å². The average Bonchev–Trinajstić information content (AvgIpc) is 3.63. The average molecular weight is 443 g/mol. The van der Waals surface area contributed by atoms with Crippen LogP contribution in [0.5, 0.6) is 0 Å².